The van der Waals surface area contributed by atoms with Gasteiger partial charge in [0.25, 0.3) is 0 Å². The summed E-state index contributed by atoms with van der Waals surface area (Å²) in [5.74, 6) is 1.76. The van der Waals surface area contributed by atoms with E-state index in [0.29, 0.717) is 29.1 Å². The van der Waals surface area contributed by atoms with E-state index in [1.165, 1.54) is 6.26 Å². The molecule has 1 unspecified atom stereocenters. The first-order valence-electron chi connectivity index (χ1n) is 5.73. The molecule has 1 aromatic rings. The Bertz CT molecular complexity index is 446. The number of hydrogen-bond acceptors (Lipinski definition) is 3. The number of rotatable bonds is 5. The smallest absolute Gasteiger partial charge is 0.175 e. The molecule has 0 saturated heterocycles. The van der Waals surface area contributed by atoms with Crippen molar-refractivity contribution in [2.75, 3.05) is 12.9 Å². The summed E-state index contributed by atoms with van der Waals surface area (Å²) >= 11 is 0. The Labute approximate surface area is 104 Å². The minimum Gasteiger partial charge on any atom is -0.493 e. The monoisotopic (exact) mass is 256 g/mol. The highest BCUT2D eigenvalue weighted by Gasteiger charge is 2.09. The van der Waals surface area contributed by atoms with E-state index in [0.717, 1.165) is 0 Å². The van der Waals surface area contributed by atoms with E-state index in [2.05, 4.69) is 20.8 Å². The highest BCUT2D eigenvalue weighted by Crippen LogP contribution is 2.18. The van der Waals surface area contributed by atoms with Crippen molar-refractivity contribution < 1.29 is 13.2 Å². The second-order valence-electron chi connectivity index (χ2n) is 4.78. The summed E-state index contributed by atoms with van der Waals surface area (Å²) in [5.41, 5.74) is 0. The van der Waals surface area contributed by atoms with Crippen LogP contribution in [0.25, 0.3) is 0 Å². The molecule has 0 spiro atoms. The van der Waals surface area contributed by atoms with E-state index >= 15 is 0 Å². The van der Waals surface area contributed by atoms with Crippen LogP contribution in [0.3, 0.4) is 0 Å². The van der Waals surface area contributed by atoms with Crippen molar-refractivity contribution >= 4 is 9.84 Å². The van der Waals surface area contributed by atoms with Crippen molar-refractivity contribution in [3.63, 3.8) is 0 Å². The van der Waals surface area contributed by atoms with Gasteiger partial charge in [0.05, 0.1) is 11.5 Å². The molecule has 0 N–H and O–H groups in total. The van der Waals surface area contributed by atoms with Gasteiger partial charge in [-0.15, -0.1) is 0 Å². The first-order valence-corrected chi connectivity index (χ1v) is 7.62. The van der Waals surface area contributed by atoms with Crippen LogP contribution in [-0.4, -0.2) is 21.3 Å². The Hall–Kier alpha value is -1.03. The van der Waals surface area contributed by atoms with Crippen LogP contribution < -0.4 is 4.74 Å². The molecule has 0 fully saturated rings. The lowest BCUT2D eigenvalue weighted by molar-refractivity contribution is 0.223. The van der Waals surface area contributed by atoms with Crippen molar-refractivity contribution in [2.24, 2.45) is 11.8 Å². The topological polar surface area (TPSA) is 43.4 Å². The summed E-state index contributed by atoms with van der Waals surface area (Å²) in [7, 11) is -3.12. The van der Waals surface area contributed by atoms with E-state index in [9.17, 15) is 8.42 Å². The highest BCUT2D eigenvalue weighted by atomic mass is 32.2. The lowest BCUT2D eigenvalue weighted by atomic mass is 9.99. The maximum atomic E-state index is 11.3. The summed E-state index contributed by atoms with van der Waals surface area (Å²) < 4.78 is 28.1. The second kappa shape index (κ2) is 5.54. The summed E-state index contributed by atoms with van der Waals surface area (Å²) in [6.45, 7) is 7.09. The van der Waals surface area contributed by atoms with Crippen molar-refractivity contribution in [3.8, 4) is 5.75 Å². The van der Waals surface area contributed by atoms with Gasteiger partial charge in [-0.2, -0.15) is 0 Å². The minimum absolute atomic E-state index is 0.321. The average Bonchev–Trinajstić information content (AvgIpc) is 2.25. The van der Waals surface area contributed by atoms with Gasteiger partial charge in [-0.1, -0.05) is 20.8 Å². The number of benzene rings is 1. The predicted molar refractivity (Wildman–Crippen MR) is 69.0 cm³/mol. The zero-order valence-electron chi connectivity index (χ0n) is 10.8. The quantitative estimate of drug-likeness (QED) is 0.813. The minimum atomic E-state index is -3.12. The lowest BCUT2D eigenvalue weighted by Gasteiger charge is -2.16. The standard InChI is InChI=1S/C13H20O3S/c1-10(2)11(3)9-16-12-5-7-13(8-6-12)17(4,14)15/h5-8,10-11H,9H2,1-4H3. The fourth-order valence-corrected chi connectivity index (χ4v) is 1.83. The highest BCUT2D eigenvalue weighted by molar-refractivity contribution is 7.90. The number of ether oxygens (including phenoxy) is 1. The molecule has 0 amide bonds. The summed E-state index contributed by atoms with van der Waals surface area (Å²) in [6, 6.07) is 6.54. The number of hydrogen-bond donors (Lipinski definition) is 0. The predicted octanol–water partition coefficient (Wildman–Crippen LogP) is 2.76. The SMILES string of the molecule is CC(C)C(C)COc1ccc(S(C)(=O)=O)cc1. The third kappa shape index (κ3) is 4.38. The lowest BCUT2D eigenvalue weighted by Crippen LogP contribution is -2.14. The molecule has 96 valence electrons. The van der Waals surface area contributed by atoms with Gasteiger partial charge in [0.2, 0.25) is 0 Å². The second-order valence-corrected chi connectivity index (χ2v) is 6.79. The fourth-order valence-electron chi connectivity index (χ4n) is 1.20. The van der Waals surface area contributed by atoms with Gasteiger partial charge in [0.15, 0.2) is 9.84 Å². The van der Waals surface area contributed by atoms with Crippen LogP contribution in [0.2, 0.25) is 0 Å². The molecule has 3 nitrogen and oxygen atoms in total. The Morgan fingerprint density at radius 3 is 2.06 bits per heavy atom. The average molecular weight is 256 g/mol. The van der Waals surface area contributed by atoms with Crippen molar-refractivity contribution in [1.29, 1.82) is 0 Å². The maximum Gasteiger partial charge on any atom is 0.175 e. The molecule has 17 heavy (non-hydrogen) atoms. The third-order valence-corrected chi connectivity index (χ3v) is 4.03. The summed E-state index contributed by atoms with van der Waals surface area (Å²) in [5, 5.41) is 0. The largest absolute Gasteiger partial charge is 0.493 e. The molecular formula is C13H20O3S. The van der Waals surface area contributed by atoms with Crippen LogP contribution in [0, 0.1) is 11.8 Å². The summed E-state index contributed by atoms with van der Waals surface area (Å²) in [6.07, 6.45) is 1.20. The van der Waals surface area contributed by atoms with Gasteiger partial charge >= 0.3 is 0 Å². The van der Waals surface area contributed by atoms with Crippen LogP contribution in [-0.2, 0) is 9.84 Å². The van der Waals surface area contributed by atoms with E-state index in [1.807, 2.05) is 0 Å². The van der Waals surface area contributed by atoms with Gasteiger partial charge < -0.3 is 4.74 Å². The molecule has 0 heterocycles. The van der Waals surface area contributed by atoms with Gasteiger partial charge in [-0.05, 0) is 36.1 Å². The molecule has 1 rings (SSSR count). The third-order valence-electron chi connectivity index (χ3n) is 2.90. The van der Waals surface area contributed by atoms with Crippen molar-refractivity contribution in [2.45, 2.75) is 25.7 Å². The van der Waals surface area contributed by atoms with Crippen LogP contribution in [0.15, 0.2) is 29.2 Å². The van der Waals surface area contributed by atoms with Gasteiger partial charge in [-0.25, -0.2) is 8.42 Å². The normalized spacial score (nSPS) is 13.7. The summed E-state index contributed by atoms with van der Waals surface area (Å²) in [4.78, 5) is 0.321. The maximum absolute atomic E-state index is 11.3. The number of sulfone groups is 1. The van der Waals surface area contributed by atoms with E-state index in [1.54, 1.807) is 24.3 Å². The molecule has 0 aliphatic rings. The van der Waals surface area contributed by atoms with Gasteiger partial charge in [0.1, 0.15) is 5.75 Å². The molecule has 1 atom stereocenters. The van der Waals surface area contributed by atoms with E-state index < -0.39 is 9.84 Å². The van der Waals surface area contributed by atoms with Gasteiger partial charge in [0, 0.05) is 6.26 Å². The first kappa shape index (κ1) is 14.0. The molecule has 0 aromatic heterocycles. The van der Waals surface area contributed by atoms with Crippen LogP contribution >= 0.6 is 0 Å². The van der Waals surface area contributed by atoms with Crippen molar-refractivity contribution in [1.82, 2.24) is 0 Å². The zero-order chi connectivity index (χ0) is 13.1. The van der Waals surface area contributed by atoms with Crippen LogP contribution in [0.4, 0.5) is 0 Å². The Balaban J connectivity index is 2.64. The molecule has 1 aromatic carbocycles. The van der Waals surface area contributed by atoms with E-state index in [4.69, 9.17) is 4.74 Å². The molecule has 0 radical (unpaired) electrons. The molecular weight excluding hydrogens is 236 g/mol. The fraction of sp³-hybridized carbons (Fsp3) is 0.538. The first-order chi connectivity index (χ1) is 7.80. The Morgan fingerprint density at radius 2 is 1.65 bits per heavy atom. The molecule has 0 saturated carbocycles. The molecule has 4 heteroatoms. The van der Waals surface area contributed by atoms with Crippen molar-refractivity contribution in [3.05, 3.63) is 24.3 Å². The Morgan fingerprint density at radius 1 is 1.12 bits per heavy atom. The van der Waals surface area contributed by atoms with Crippen LogP contribution in [0.1, 0.15) is 20.8 Å². The van der Waals surface area contributed by atoms with Crippen LogP contribution in [0.5, 0.6) is 5.75 Å². The zero-order valence-corrected chi connectivity index (χ0v) is 11.6. The molecule has 0 aliphatic carbocycles. The molecule has 0 bridgehead atoms. The van der Waals surface area contributed by atoms with E-state index in [-0.39, 0.29) is 0 Å². The van der Waals surface area contributed by atoms with Gasteiger partial charge in [-0.3, -0.25) is 0 Å². The Kier molecular flexibility index (Phi) is 4.57. The molecule has 0 aliphatic heterocycles.